The highest BCUT2D eigenvalue weighted by molar-refractivity contribution is 9.10. The third-order valence-electron chi connectivity index (χ3n) is 3.30. The summed E-state index contributed by atoms with van der Waals surface area (Å²) in [6.07, 6.45) is 4.66. The van der Waals surface area contributed by atoms with Gasteiger partial charge >= 0.3 is 0 Å². The second-order valence-corrected chi connectivity index (χ2v) is 5.77. The van der Waals surface area contributed by atoms with Crippen LogP contribution in [0.5, 0.6) is 0 Å². The molecule has 2 rings (SSSR count). The van der Waals surface area contributed by atoms with Gasteiger partial charge in [-0.05, 0) is 36.9 Å². The summed E-state index contributed by atoms with van der Waals surface area (Å²) in [5.74, 6) is 0. The molecular weight excluding hydrogens is 288 g/mol. The lowest BCUT2D eigenvalue weighted by atomic mass is 10.2. The summed E-state index contributed by atoms with van der Waals surface area (Å²) in [6.45, 7) is 6.54. The molecule has 1 N–H and O–H groups in total. The molecular formula is C15H21BrN2. The van der Waals surface area contributed by atoms with Crippen LogP contribution in [-0.4, -0.2) is 17.2 Å². The van der Waals surface area contributed by atoms with Crippen molar-refractivity contribution >= 4 is 26.8 Å². The minimum Gasteiger partial charge on any atom is -0.346 e. The molecule has 1 unspecified atom stereocenters. The van der Waals surface area contributed by atoms with E-state index in [2.05, 4.69) is 70.1 Å². The van der Waals surface area contributed by atoms with Gasteiger partial charge in [0.2, 0.25) is 0 Å². The first-order valence-corrected chi connectivity index (χ1v) is 7.47. The van der Waals surface area contributed by atoms with Gasteiger partial charge in [0, 0.05) is 35.3 Å². The van der Waals surface area contributed by atoms with E-state index in [1.165, 1.54) is 23.7 Å². The maximum atomic E-state index is 3.57. The summed E-state index contributed by atoms with van der Waals surface area (Å²) < 4.78 is 3.45. The van der Waals surface area contributed by atoms with Crippen molar-refractivity contribution < 1.29 is 0 Å². The maximum absolute atomic E-state index is 3.57. The molecule has 0 aliphatic carbocycles. The van der Waals surface area contributed by atoms with Crippen LogP contribution in [-0.2, 0) is 6.54 Å². The van der Waals surface area contributed by atoms with Gasteiger partial charge in [-0.3, -0.25) is 0 Å². The first-order chi connectivity index (χ1) is 8.70. The van der Waals surface area contributed by atoms with Crippen LogP contribution >= 0.6 is 15.9 Å². The molecule has 18 heavy (non-hydrogen) atoms. The predicted molar refractivity (Wildman–Crippen MR) is 82.0 cm³/mol. The Labute approximate surface area is 118 Å². The molecule has 1 atom stereocenters. The summed E-state index contributed by atoms with van der Waals surface area (Å²) in [6, 6.07) is 9.22. The first-order valence-electron chi connectivity index (χ1n) is 6.68. The van der Waals surface area contributed by atoms with Gasteiger partial charge in [0.15, 0.2) is 0 Å². The topological polar surface area (TPSA) is 17.0 Å². The van der Waals surface area contributed by atoms with Crippen LogP contribution in [0.3, 0.4) is 0 Å². The highest BCUT2D eigenvalue weighted by Gasteiger charge is 2.03. The SMILES string of the molecule is CCCC(C)NCCn1ccc2ccc(Br)cc21. The van der Waals surface area contributed by atoms with Crippen LogP contribution < -0.4 is 5.32 Å². The molecule has 0 saturated carbocycles. The van der Waals surface area contributed by atoms with Crippen molar-refractivity contribution in [3.8, 4) is 0 Å². The van der Waals surface area contributed by atoms with E-state index in [1.54, 1.807) is 0 Å². The van der Waals surface area contributed by atoms with Crippen LogP contribution in [0.4, 0.5) is 0 Å². The van der Waals surface area contributed by atoms with E-state index in [9.17, 15) is 0 Å². The lowest BCUT2D eigenvalue weighted by molar-refractivity contribution is 0.489. The van der Waals surface area contributed by atoms with Crippen molar-refractivity contribution in [1.82, 2.24) is 9.88 Å². The van der Waals surface area contributed by atoms with Gasteiger partial charge in [-0.15, -0.1) is 0 Å². The Hall–Kier alpha value is -0.800. The number of fused-ring (bicyclic) bond motifs is 1. The quantitative estimate of drug-likeness (QED) is 0.847. The molecule has 98 valence electrons. The van der Waals surface area contributed by atoms with E-state index in [-0.39, 0.29) is 0 Å². The average molecular weight is 309 g/mol. The normalized spacial score (nSPS) is 13.1. The van der Waals surface area contributed by atoms with Crippen molar-refractivity contribution in [3.63, 3.8) is 0 Å². The Bertz CT molecular complexity index is 504. The largest absolute Gasteiger partial charge is 0.346 e. The number of nitrogens with zero attached hydrogens (tertiary/aromatic N) is 1. The zero-order valence-electron chi connectivity index (χ0n) is 11.1. The standard InChI is InChI=1S/C15H21BrN2/c1-3-4-12(2)17-8-10-18-9-7-13-5-6-14(16)11-15(13)18/h5-7,9,11-12,17H,3-4,8,10H2,1-2H3. The van der Waals surface area contributed by atoms with Crippen LogP contribution in [0.1, 0.15) is 26.7 Å². The molecule has 0 aliphatic rings. The Morgan fingerprint density at radius 1 is 1.33 bits per heavy atom. The average Bonchev–Trinajstić information content (AvgIpc) is 2.72. The monoisotopic (exact) mass is 308 g/mol. The van der Waals surface area contributed by atoms with Crippen molar-refractivity contribution in [3.05, 3.63) is 34.9 Å². The molecule has 1 aromatic carbocycles. The zero-order valence-corrected chi connectivity index (χ0v) is 12.7. The van der Waals surface area contributed by atoms with Crippen LogP contribution in [0, 0.1) is 0 Å². The summed E-state index contributed by atoms with van der Waals surface area (Å²) in [5.41, 5.74) is 1.30. The molecule has 0 amide bonds. The van der Waals surface area contributed by atoms with Crippen LogP contribution in [0.2, 0.25) is 0 Å². The summed E-state index contributed by atoms with van der Waals surface area (Å²) in [7, 11) is 0. The fourth-order valence-electron chi connectivity index (χ4n) is 2.32. The Kier molecular flexibility index (Phi) is 4.84. The van der Waals surface area contributed by atoms with E-state index >= 15 is 0 Å². The fourth-order valence-corrected chi connectivity index (χ4v) is 2.67. The van der Waals surface area contributed by atoms with Gasteiger partial charge in [-0.25, -0.2) is 0 Å². The van der Waals surface area contributed by atoms with Gasteiger partial charge in [-0.2, -0.15) is 0 Å². The summed E-state index contributed by atoms with van der Waals surface area (Å²) in [5, 5.41) is 4.87. The van der Waals surface area contributed by atoms with Crippen molar-refractivity contribution in [1.29, 1.82) is 0 Å². The van der Waals surface area contributed by atoms with Crippen molar-refractivity contribution in [2.75, 3.05) is 6.54 Å². The van der Waals surface area contributed by atoms with Gasteiger partial charge in [0.05, 0.1) is 0 Å². The van der Waals surface area contributed by atoms with Gasteiger partial charge in [0.1, 0.15) is 0 Å². The minimum absolute atomic E-state index is 0.614. The molecule has 0 saturated heterocycles. The molecule has 1 heterocycles. The summed E-state index contributed by atoms with van der Waals surface area (Å²) >= 11 is 3.53. The van der Waals surface area contributed by atoms with E-state index in [1.807, 2.05) is 0 Å². The second-order valence-electron chi connectivity index (χ2n) is 4.86. The molecule has 0 radical (unpaired) electrons. The van der Waals surface area contributed by atoms with Crippen LogP contribution in [0.25, 0.3) is 10.9 Å². The van der Waals surface area contributed by atoms with Crippen molar-refractivity contribution in [2.45, 2.75) is 39.3 Å². The third kappa shape index (κ3) is 3.36. The number of aromatic nitrogens is 1. The number of halogens is 1. The lowest BCUT2D eigenvalue weighted by Crippen LogP contribution is -2.29. The van der Waals surface area contributed by atoms with E-state index in [0.717, 1.165) is 17.6 Å². The Morgan fingerprint density at radius 3 is 2.94 bits per heavy atom. The number of hydrogen-bond donors (Lipinski definition) is 1. The van der Waals surface area contributed by atoms with Gasteiger partial charge in [0.25, 0.3) is 0 Å². The molecule has 0 bridgehead atoms. The van der Waals surface area contributed by atoms with Crippen molar-refractivity contribution in [2.24, 2.45) is 0 Å². The lowest BCUT2D eigenvalue weighted by Gasteiger charge is -2.13. The zero-order chi connectivity index (χ0) is 13.0. The Morgan fingerprint density at radius 2 is 2.17 bits per heavy atom. The van der Waals surface area contributed by atoms with Gasteiger partial charge < -0.3 is 9.88 Å². The Balaban J connectivity index is 1.97. The number of benzene rings is 1. The number of rotatable bonds is 6. The smallest absolute Gasteiger partial charge is 0.0492 e. The highest BCUT2D eigenvalue weighted by atomic mass is 79.9. The third-order valence-corrected chi connectivity index (χ3v) is 3.80. The molecule has 2 aromatic rings. The minimum atomic E-state index is 0.614. The summed E-state index contributed by atoms with van der Waals surface area (Å²) in [4.78, 5) is 0. The predicted octanol–water partition coefficient (Wildman–Crippen LogP) is 4.18. The molecule has 3 heteroatoms. The molecule has 0 fully saturated rings. The van der Waals surface area contributed by atoms with Gasteiger partial charge in [-0.1, -0.05) is 35.3 Å². The number of hydrogen-bond acceptors (Lipinski definition) is 1. The van der Waals surface area contributed by atoms with Crippen LogP contribution in [0.15, 0.2) is 34.9 Å². The molecule has 2 nitrogen and oxygen atoms in total. The number of nitrogens with one attached hydrogen (secondary N) is 1. The van der Waals surface area contributed by atoms with E-state index in [4.69, 9.17) is 0 Å². The highest BCUT2D eigenvalue weighted by Crippen LogP contribution is 2.20. The second kappa shape index (κ2) is 6.39. The molecule has 1 aromatic heterocycles. The first kappa shape index (κ1) is 13.6. The fraction of sp³-hybridized carbons (Fsp3) is 0.467. The van der Waals surface area contributed by atoms with E-state index in [0.29, 0.717) is 6.04 Å². The molecule has 0 aliphatic heterocycles. The van der Waals surface area contributed by atoms with E-state index < -0.39 is 0 Å². The molecule has 0 spiro atoms. The maximum Gasteiger partial charge on any atom is 0.0492 e.